The third kappa shape index (κ3) is 5.52. The molecule has 7 nitrogen and oxygen atoms in total. The summed E-state index contributed by atoms with van der Waals surface area (Å²) in [7, 11) is 1.77. The fourth-order valence-corrected chi connectivity index (χ4v) is 2.61. The van der Waals surface area contributed by atoms with Gasteiger partial charge in [-0.05, 0) is 37.4 Å². The molecule has 0 fully saturated rings. The Bertz CT molecular complexity index is 772. The lowest BCUT2D eigenvalue weighted by molar-refractivity contribution is 0.0778. The first-order valence-corrected chi connectivity index (χ1v) is 9.06. The predicted octanol–water partition coefficient (Wildman–Crippen LogP) is 2.33. The van der Waals surface area contributed by atoms with Crippen LogP contribution in [0, 0.1) is 0 Å². The van der Waals surface area contributed by atoms with Crippen molar-refractivity contribution in [2.24, 2.45) is 0 Å². The van der Waals surface area contributed by atoms with Crippen LogP contribution in [0.25, 0.3) is 0 Å². The Balaban J connectivity index is 1.98. The number of pyridine rings is 1. The number of likely N-dealkylation sites (N-methyl/N-ethyl adjacent to an activating group) is 2. The van der Waals surface area contributed by atoms with Gasteiger partial charge in [0.1, 0.15) is 5.69 Å². The lowest BCUT2D eigenvalue weighted by Crippen LogP contribution is -2.36. The second-order valence-electron chi connectivity index (χ2n) is 6.23. The number of aromatic nitrogens is 1. The van der Waals surface area contributed by atoms with Crippen LogP contribution in [-0.2, 0) is 0 Å². The number of rotatable bonds is 8. The van der Waals surface area contributed by atoms with E-state index in [1.54, 1.807) is 48.3 Å². The number of hydrogen-bond acceptors (Lipinski definition) is 5. The number of anilines is 2. The average molecular weight is 369 g/mol. The number of benzene rings is 1. The van der Waals surface area contributed by atoms with Gasteiger partial charge in [0.05, 0.1) is 16.9 Å². The van der Waals surface area contributed by atoms with Crippen LogP contribution in [0.3, 0.4) is 0 Å². The van der Waals surface area contributed by atoms with Gasteiger partial charge < -0.3 is 20.9 Å². The van der Waals surface area contributed by atoms with Crippen LogP contribution >= 0.6 is 0 Å². The van der Waals surface area contributed by atoms with Crippen LogP contribution in [0.5, 0.6) is 0 Å². The molecule has 0 saturated carbocycles. The second kappa shape index (κ2) is 9.68. The molecule has 0 saturated heterocycles. The summed E-state index contributed by atoms with van der Waals surface area (Å²) in [6.45, 7) is 7.56. The third-order valence-electron chi connectivity index (χ3n) is 4.44. The fourth-order valence-electron chi connectivity index (χ4n) is 2.61. The number of amides is 2. The van der Waals surface area contributed by atoms with Gasteiger partial charge in [0.2, 0.25) is 0 Å². The van der Waals surface area contributed by atoms with E-state index in [1.807, 2.05) is 0 Å². The highest BCUT2D eigenvalue weighted by molar-refractivity contribution is 6.04. The summed E-state index contributed by atoms with van der Waals surface area (Å²) in [5, 5.41) is 2.72. The minimum atomic E-state index is -0.373. The smallest absolute Gasteiger partial charge is 0.274 e. The van der Waals surface area contributed by atoms with Crippen molar-refractivity contribution in [3.05, 3.63) is 53.9 Å². The van der Waals surface area contributed by atoms with Crippen LogP contribution in [0.1, 0.15) is 34.7 Å². The maximum absolute atomic E-state index is 12.5. The summed E-state index contributed by atoms with van der Waals surface area (Å²) < 4.78 is 0. The third-order valence-corrected chi connectivity index (χ3v) is 4.44. The molecule has 1 aromatic carbocycles. The van der Waals surface area contributed by atoms with Crippen molar-refractivity contribution in [2.45, 2.75) is 13.8 Å². The summed E-state index contributed by atoms with van der Waals surface area (Å²) >= 11 is 0. The topological polar surface area (TPSA) is 91.6 Å². The number of nitrogens with two attached hydrogens (primary N) is 1. The molecule has 0 aliphatic carbocycles. The van der Waals surface area contributed by atoms with Gasteiger partial charge in [0, 0.05) is 26.3 Å². The summed E-state index contributed by atoms with van der Waals surface area (Å²) in [4.78, 5) is 32.8. The van der Waals surface area contributed by atoms with E-state index in [1.165, 1.54) is 6.20 Å². The molecule has 1 aromatic heterocycles. The van der Waals surface area contributed by atoms with Gasteiger partial charge in [-0.2, -0.15) is 0 Å². The molecule has 0 atom stereocenters. The molecule has 0 bridgehead atoms. The van der Waals surface area contributed by atoms with Gasteiger partial charge in [-0.3, -0.25) is 14.6 Å². The molecule has 144 valence electrons. The van der Waals surface area contributed by atoms with Gasteiger partial charge >= 0.3 is 0 Å². The molecule has 0 aliphatic rings. The number of nitrogen functional groups attached to an aromatic ring is 1. The summed E-state index contributed by atoms with van der Waals surface area (Å²) in [6.07, 6.45) is 1.43. The van der Waals surface area contributed by atoms with Crippen molar-refractivity contribution in [3.8, 4) is 0 Å². The van der Waals surface area contributed by atoms with E-state index in [0.29, 0.717) is 23.5 Å². The zero-order chi connectivity index (χ0) is 19.8. The maximum atomic E-state index is 12.5. The second-order valence-corrected chi connectivity index (χ2v) is 6.23. The Morgan fingerprint density at radius 1 is 1.07 bits per heavy atom. The molecule has 1 heterocycles. The first-order chi connectivity index (χ1) is 13.0. The van der Waals surface area contributed by atoms with E-state index >= 15 is 0 Å². The molecule has 0 aliphatic heterocycles. The van der Waals surface area contributed by atoms with Crippen molar-refractivity contribution >= 4 is 23.2 Å². The fraction of sp³-hybridized carbons (Fsp3) is 0.350. The van der Waals surface area contributed by atoms with Crippen molar-refractivity contribution in [2.75, 3.05) is 44.3 Å². The zero-order valence-electron chi connectivity index (χ0n) is 16.1. The summed E-state index contributed by atoms with van der Waals surface area (Å²) in [6, 6.07) is 10.2. The summed E-state index contributed by atoms with van der Waals surface area (Å²) in [5.41, 5.74) is 7.51. The quantitative estimate of drug-likeness (QED) is 0.697. The standard InChI is InChI=1S/C20H27N5O2/c1-4-25(5-2)13-12-24(3)20(27)15-10-11-18(22-14-15)19(26)23-17-9-7-6-8-16(17)21/h6-11,14H,4-5,12-13,21H2,1-3H3,(H,23,26). The first kappa shape index (κ1) is 20.4. The van der Waals surface area contributed by atoms with Crippen molar-refractivity contribution < 1.29 is 9.59 Å². The van der Waals surface area contributed by atoms with E-state index in [2.05, 4.69) is 29.0 Å². The lowest BCUT2D eigenvalue weighted by Gasteiger charge is -2.23. The Hall–Kier alpha value is -2.93. The van der Waals surface area contributed by atoms with Crippen molar-refractivity contribution in [1.29, 1.82) is 0 Å². The number of carbonyl (C=O) groups excluding carboxylic acids is 2. The van der Waals surface area contributed by atoms with E-state index in [-0.39, 0.29) is 17.5 Å². The number of para-hydroxylation sites is 2. The van der Waals surface area contributed by atoms with Gasteiger partial charge in [0.25, 0.3) is 11.8 Å². The average Bonchev–Trinajstić information content (AvgIpc) is 2.69. The van der Waals surface area contributed by atoms with Crippen LogP contribution in [-0.4, -0.2) is 59.8 Å². The highest BCUT2D eigenvalue weighted by atomic mass is 16.2. The normalized spacial score (nSPS) is 10.7. The Kier molecular flexibility index (Phi) is 7.31. The van der Waals surface area contributed by atoms with Gasteiger partial charge in [0.15, 0.2) is 0 Å². The van der Waals surface area contributed by atoms with Crippen molar-refractivity contribution in [3.63, 3.8) is 0 Å². The van der Waals surface area contributed by atoms with Gasteiger partial charge in [-0.15, -0.1) is 0 Å². The molecule has 0 radical (unpaired) electrons. The van der Waals surface area contributed by atoms with Gasteiger partial charge in [-0.1, -0.05) is 26.0 Å². The molecule has 0 spiro atoms. The molecular formula is C20H27N5O2. The number of hydrogen-bond donors (Lipinski definition) is 2. The predicted molar refractivity (Wildman–Crippen MR) is 108 cm³/mol. The number of carbonyl (C=O) groups is 2. The van der Waals surface area contributed by atoms with E-state index in [9.17, 15) is 9.59 Å². The monoisotopic (exact) mass is 369 g/mol. The van der Waals surface area contributed by atoms with Crippen molar-refractivity contribution in [1.82, 2.24) is 14.8 Å². The first-order valence-electron chi connectivity index (χ1n) is 9.06. The number of nitrogens with zero attached hydrogens (tertiary/aromatic N) is 3. The molecule has 7 heteroatoms. The highest BCUT2D eigenvalue weighted by Crippen LogP contribution is 2.17. The number of nitrogens with one attached hydrogen (secondary N) is 1. The molecule has 27 heavy (non-hydrogen) atoms. The molecule has 2 aromatic rings. The SMILES string of the molecule is CCN(CC)CCN(C)C(=O)c1ccc(C(=O)Nc2ccccc2N)nc1. The Morgan fingerprint density at radius 2 is 1.78 bits per heavy atom. The minimum absolute atomic E-state index is 0.117. The van der Waals surface area contributed by atoms with Crippen LogP contribution < -0.4 is 11.1 Å². The molecular weight excluding hydrogens is 342 g/mol. The molecule has 3 N–H and O–H groups in total. The molecule has 2 amide bonds. The molecule has 2 rings (SSSR count). The highest BCUT2D eigenvalue weighted by Gasteiger charge is 2.15. The van der Waals surface area contributed by atoms with E-state index < -0.39 is 0 Å². The van der Waals surface area contributed by atoms with E-state index in [4.69, 9.17) is 5.73 Å². The van der Waals surface area contributed by atoms with Gasteiger partial charge in [-0.25, -0.2) is 0 Å². The minimum Gasteiger partial charge on any atom is -0.397 e. The Morgan fingerprint density at radius 3 is 2.37 bits per heavy atom. The van der Waals surface area contributed by atoms with E-state index in [0.717, 1.165) is 19.6 Å². The maximum Gasteiger partial charge on any atom is 0.274 e. The Labute approximate surface area is 160 Å². The zero-order valence-corrected chi connectivity index (χ0v) is 16.1. The largest absolute Gasteiger partial charge is 0.397 e. The van der Waals surface area contributed by atoms with Crippen LogP contribution in [0.2, 0.25) is 0 Å². The van der Waals surface area contributed by atoms with Crippen LogP contribution in [0.15, 0.2) is 42.6 Å². The van der Waals surface area contributed by atoms with Crippen LogP contribution in [0.4, 0.5) is 11.4 Å². The lowest BCUT2D eigenvalue weighted by atomic mass is 10.2. The summed E-state index contributed by atoms with van der Waals surface area (Å²) in [5.74, 6) is -0.490. The molecule has 0 unspecified atom stereocenters.